The van der Waals surface area contributed by atoms with Crippen molar-refractivity contribution in [3.8, 4) is 0 Å². The molecule has 0 aromatic heterocycles. The number of esters is 1. The van der Waals surface area contributed by atoms with Crippen molar-refractivity contribution in [3.05, 3.63) is 0 Å². The maximum atomic E-state index is 11.6. The SMILES string of the molecule is COC(=O)C(C(C)C)C1CCCNC1. The first-order chi connectivity index (χ1) is 6.66. The zero-order valence-corrected chi connectivity index (χ0v) is 9.38. The van der Waals surface area contributed by atoms with E-state index in [1.54, 1.807) is 0 Å². The lowest BCUT2D eigenvalue weighted by Gasteiger charge is -2.31. The zero-order chi connectivity index (χ0) is 10.6. The van der Waals surface area contributed by atoms with Crippen LogP contribution in [0.15, 0.2) is 0 Å². The Morgan fingerprint density at radius 1 is 1.50 bits per heavy atom. The van der Waals surface area contributed by atoms with Gasteiger partial charge in [-0.2, -0.15) is 0 Å². The van der Waals surface area contributed by atoms with Crippen LogP contribution in [-0.2, 0) is 9.53 Å². The Morgan fingerprint density at radius 3 is 2.64 bits per heavy atom. The first-order valence-electron chi connectivity index (χ1n) is 5.45. The van der Waals surface area contributed by atoms with Gasteiger partial charge in [-0.3, -0.25) is 4.79 Å². The molecule has 1 heterocycles. The highest BCUT2D eigenvalue weighted by Gasteiger charge is 2.32. The summed E-state index contributed by atoms with van der Waals surface area (Å²) in [5, 5.41) is 3.34. The van der Waals surface area contributed by atoms with Gasteiger partial charge >= 0.3 is 5.97 Å². The quantitative estimate of drug-likeness (QED) is 0.699. The third kappa shape index (κ3) is 2.71. The lowest BCUT2D eigenvalue weighted by Crippen LogP contribution is -2.39. The molecule has 0 aromatic carbocycles. The summed E-state index contributed by atoms with van der Waals surface area (Å²) in [5.41, 5.74) is 0. The van der Waals surface area contributed by atoms with Gasteiger partial charge in [0.1, 0.15) is 0 Å². The van der Waals surface area contributed by atoms with Crippen LogP contribution in [0.5, 0.6) is 0 Å². The van der Waals surface area contributed by atoms with Gasteiger partial charge in [-0.05, 0) is 37.8 Å². The maximum Gasteiger partial charge on any atom is 0.309 e. The van der Waals surface area contributed by atoms with Crippen molar-refractivity contribution in [1.82, 2.24) is 5.32 Å². The van der Waals surface area contributed by atoms with Crippen molar-refractivity contribution in [1.29, 1.82) is 0 Å². The Balaban J connectivity index is 2.60. The van der Waals surface area contributed by atoms with Crippen molar-refractivity contribution in [2.24, 2.45) is 17.8 Å². The molecule has 3 heteroatoms. The Morgan fingerprint density at radius 2 is 2.21 bits per heavy atom. The lowest BCUT2D eigenvalue weighted by atomic mass is 9.79. The van der Waals surface area contributed by atoms with E-state index in [4.69, 9.17) is 4.74 Å². The molecule has 0 spiro atoms. The molecule has 1 aliphatic rings. The summed E-state index contributed by atoms with van der Waals surface area (Å²) in [6.45, 7) is 6.23. The number of carbonyl (C=O) groups is 1. The molecule has 14 heavy (non-hydrogen) atoms. The summed E-state index contributed by atoms with van der Waals surface area (Å²) >= 11 is 0. The number of ether oxygens (including phenoxy) is 1. The van der Waals surface area contributed by atoms with Gasteiger partial charge in [0.15, 0.2) is 0 Å². The first kappa shape index (κ1) is 11.5. The molecule has 2 atom stereocenters. The van der Waals surface area contributed by atoms with E-state index in [2.05, 4.69) is 19.2 Å². The number of nitrogens with one attached hydrogen (secondary N) is 1. The number of methoxy groups -OCH3 is 1. The third-order valence-corrected chi connectivity index (χ3v) is 3.03. The van der Waals surface area contributed by atoms with Crippen LogP contribution in [0.1, 0.15) is 26.7 Å². The molecule has 0 aliphatic carbocycles. The highest BCUT2D eigenvalue weighted by atomic mass is 16.5. The molecule has 1 aliphatic heterocycles. The molecule has 1 saturated heterocycles. The van der Waals surface area contributed by atoms with Gasteiger partial charge in [0.2, 0.25) is 0 Å². The zero-order valence-electron chi connectivity index (χ0n) is 9.38. The van der Waals surface area contributed by atoms with E-state index in [9.17, 15) is 4.79 Å². The van der Waals surface area contributed by atoms with Crippen molar-refractivity contribution in [3.63, 3.8) is 0 Å². The third-order valence-electron chi connectivity index (χ3n) is 3.03. The summed E-state index contributed by atoms with van der Waals surface area (Å²) in [5.74, 6) is 0.838. The molecule has 0 aromatic rings. The van der Waals surface area contributed by atoms with Crippen LogP contribution >= 0.6 is 0 Å². The van der Waals surface area contributed by atoms with Crippen molar-refractivity contribution in [2.45, 2.75) is 26.7 Å². The molecule has 1 fully saturated rings. The van der Waals surface area contributed by atoms with E-state index in [1.807, 2.05) is 0 Å². The van der Waals surface area contributed by atoms with Crippen molar-refractivity contribution in [2.75, 3.05) is 20.2 Å². The Kier molecular flexibility index (Phi) is 4.39. The van der Waals surface area contributed by atoms with E-state index in [0.717, 1.165) is 19.5 Å². The molecule has 2 unspecified atom stereocenters. The molecule has 82 valence electrons. The van der Waals surface area contributed by atoms with E-state index in [-0.39, 0.29) is 11.9 Å². The molecule has 3 nitrogen and oxygen atoms in total. The number of hydrogen-bond donors (Lipinski definition) is 1. The minimum atomic E-state index is -0.0475. The van der Waals surface area contributed by atoms with E-state index >= 15 is 0 Å². The molecular formula is C11H21NO2. The second-order valence-electron chi connectivity index (χ2n) is 4.40. The van der Waals surface area contributed by atoms with Gasteiger partial charge in [0, 0.05) is 0 Å². The topological polar surface area (TPSA) is 38.3 Å². The Labute approximate surface area is 86.2 Å². The molecule has 1 N–H and O–H groups in total. The van der Waals surface area contributed by atoms with Crippen LogP contribution in [0.2, 0.25) is 0 Å². The van der Waals surface area contributed by atoms with Gasteiger partial charge < -0.3 is 10.1 Å². The van der Waals surface area contributed by atoms with Crippen LogP contribution in [-0.4, -0.2) is 26.2 Å². The second-order valence-corrected chi connectivity index (χ2v) is 4.40. The lowest BCUT2D eigenvalue weighted by molar-refractivity contribution is -0.149. The van der Waals surface area contributed by atoms with Crippen LogP contribution in [0.3, 0.4) is 0 Å². The summed E-state index contributed by atoms with van der Waals surface area (Å²) in [6.07, 6.45) is 2.32. The van der Waals surface area contributed by atoms with Crippen molar-refractivity contribution < 1.29 is 9.53 Å². The first-order valence-corrected chi connectivity index (χ1v) is 5.45. The van der Waals surface area contributed by atoms with Crippen LogP contribution in [0.4, 0.5) is 0 Å². The minimum Gasteiger partial charge on any atom is -0.469 e. The monoisotopic (exact) mass is 199 g/mol. The summed E-state index contributed by atoms with van der Waals surface area (Å²) in [4.78, 5) is 11.6. The average Bonchev–Trinajstić information content (AvgIpc) is 2.19. The maximum absolute atomic E-state index is 11.6. The number of carbonyl (C=O) groups excluding carboxylic acids is 1. The fraction of sp³-hybridized carbons (Fsp3) is 0.909. The fourth-order valence-corrected chi connectivity index (χ4v) is 2.33. The molecule has 0 bridgehead atoms. The van der Waals surface area contributed by atoms with Crippen LogP contribution in [0, 0.1) is 17.8 Å². The number of hydrogen-bond acceptors (Lipinski definition) is 3. The number of piperidine rings is 1. The normalized spacial score (nSPS) is 24.7. The smallest absolute Gasteiger partial charge is 0.309 e. The second kappa shape index (κ2) is 5.35. The van der Waals surface area contributed by atoms with Gasteiger partial charge in [0.05, 0.1) is 13.0 Å². The van der Waals surface area contributed by atoms with E-state index in [0.29, 0.717) is 11.8 Å². The van der Waals surface area contributed by atoms with E-state index in [1.165, 1.54) is 13.5 Å². The summed E-state index contributed by atoms with van der Waals surface area (Å²) in [6, 6.07) is 0. The van der Waals surface area contributed by atoms with Crippen LogP contribution in [0.25, 0.3) is 0 Å². The van der Waals surface area contributed by atoms with Crippen LogP contribution < -0.4 is 5.32 Å². The molecule has 1 rings (SSSR count). The average molecular weight is 199 g/mol. The number of rotatable bonds is 3. The molecule has 0 amide bonds. The standard InChI is InChI=1S/C11H21NO2/c1-8(2)10(11(13)14-3)9-5-4-6-12-7-9/h8-10,12H,4-7H2,1-3H3. The van der Waals surface area contributed by atoms with Gasteiger partial charge in [-0.25, -0.2) is 0 Å². The minimum absolute atomic E-state index is 0.0475. The molecular weight excluding hydrogens is 178 g/mol. The van der Waals surface area contributed by atoms with E-state index < -0.39 is 0 Å². The molecule has 0 saturated carbocycles. The van der Waals surface area contributed by atoms with Gasteiger partial charge in [-0.1, -0.05) is 13.8 Å². The predicted octanol–water partition coefficient (Wildman–Crippen LogP) is 1.43. The highest BCUT2D eigenvalue weighted by molar-refractivity contribution is 5.73. The predicted molar refractivity (Wildman–Crippen MR) is 55.9 cm³/mol. The summed E-state index contributed by atoms with van der Waals surface area (Å²) in [7, 11) is 1.48. The van der Waals surface area contributed by atoms with Gasteiger partial charge in [-0.15, -0.1) is 0 Å². The Bertz CT molecular complexity index is 186. The Hall–Kier alpha value is -0.570. The van der Waals surface area contributed by atoms with Crippen molar-refractivity contribution >= 4 is 5.97 Å². The van der Waals surface area contributed by atoms with Gasteiger partial charge in [0.25, 0.3) is 0 Å². The highest BCUT2D eigenvalue weighted by Crippen LogP contribution is 2.27. The largest absolute Gasteiger partial charge is 0.469 e. The molecule has 0 radical (unpaired) electrons. The summed E-state index contributed by atoms with van der Waals surface area (Å²) < 4.78 is 4.86. The fourth-order valence-electron chi connectivity index (χ4n) is 2.33.